The molecule has 198 valence electrons. The maximum absolute atomic E-state index is 15.5. The average Bonchev–Trinajstić information content (AvgIpc) is 3.18. The van der Waals surface area contributed by atoms with E-state index in [4.69, 9.17) is 20.3 Å². The van der Waals surface area contributed by atoms with Crippen LogP contribution >= 0.6 is 23.5 Å². The number of rotatable bonds is 9. The summed E-state index contributed by atoms with van der Waals surface area (Å²) >= 11 is 0. The quantitative estimate of drug-likeness (QED) is 0.184. The summed E-state index contributed by atoms with van der Waals surface area (Å²) in [6.45, 7) is -0.990. The van der Waals surface area contributed by atoms with Crippen molar-refractivity contribution in [3.05, 3.63) is 16.7 Å². The Bertz CT molecular complexity index is 1320. The van der Waals surface area contributed by atoms with Crippen LogP contribution in [0, 0.1) is 0 Å². The van der Waals surface area contributed by atoms with Gasteiger partial charge in [0.05, 0.1) is 12.4 Å². The van der Waals surface area contributed by atoms with Gasteiger partial charge in [0, 0.05) is 0 Å². The lowest BCUT2D eigenvalue weighted by molar-refractivity contribution is -0.0819. The van der Waals surface area contributed by atoms with Gasteiger partial charge in [0.2, 0.25) is 11.6 Å². The minimum atomic E-state index is -5.86. The maximum Gasteiger partial charge on any atom is 0.490 e. The zero-order valence-electron chi connectivity index (χ0n) is 17.1. The summed E-state index contributed by atoms with van der Waals surface area (Å²) < 4.78 is 81.2. The van der Waals surface area contributed by atoms with Crippen molar-refractivity contribution < 1.29 is 65.0 Å². The summed E-state index contributed by atoms with van der Waals surface area (Å²) in [7, 11) is -17.2. The van der Waals surface area contributed by atoms with E-state index in [1.165, 1.54) is 0 Å². The zero-order valence-corrected chi connectivity index (χ0v) is 19.8. The molecule has 1 saturated heterocycles. The van der Waals surface area contributed by atoms with Crippen LogP contribution in [0.1, 0.15) is 13.2 Å². The molecule has 1 aliphatic heterocycles. The largest absolute Gasteiger partial charge is 0.490 e. The molecule has 0 aromatic carbocycles. The number of halogens is 2. The van der Waals surface area contributed by atoms with Crippen LogP contribution in [0.3, 0.4) is 0 Å². The first-order chi connectivity index (χ1) is 15.9. The van der Waals surface area contributed by atoms with E-state index in [0.717, 1.165) is 17.8 Å². The number of aliphatic hydroxyl groups is 1. The number of hydrogen-bond acceptors (Lipinski definition) is 12. The highest BCUT2D eigenvalue weighted by molar-refractivity contribution is 7.66. The lowest BCUT2D eigenvalue weighted by Crippen LogP contribution is -2.46. The third-order valence-corrected chi connectivity index (χ3v) is 8.51. The second kappa shape index (κ2) is 9.33. The third kappa shape index (κ3) is 5.85. The molecule has 1 aliphatic rings. The van der Waals surface area contributed by atoms with Crippen LogP contribution in [0.2, 0.25) is 0 Å². The lowest BCUT2D eigenvalue weighted by Gasteiger charge is -2.26. The Morgan fingerprint density at radius 3 is 2.49 bits per heavy atom. The second-order valence-electron chi connectivity index (χ2n) is 7.14. The van der Waals surface area contributed by atoms with Crippen LogP contribution in [0.15, 0.2) is 11.1 Å². The molecule has 0 radical (unpaired) electrons. The molecule has 3 heterocycles. The first-order valence-electron chi connectivity index (χ1n) is 9.02. The zero-order chi connectivity index (χ0) is 26.6. The molecule has 18 nitrogen and oxygen atoms in total. The van der Waals surface area contributed by atoms with E-state index in [0.29, 0.717) is 0 Å². The van der Waals surface area contributed by atoms with Gasteiger partial charge < -0.3 is 35.2 Å². The van der Waals surface area contributed by atoms with Gasteiger partial charge in [0.25, 0.3) is 5.56 Å². The van der Waals surface area contributed by atoms with Gasteiger partial charge in [-0.25, -0.2) is 27.5 Å². The Labute approximate surface area is 192 Å². The standard InChI is InChI=1S/C12H18F2N5O13P3/c1-4(30-34(25,26)32-35(27,28)31-33(22,23)24)6-7(20)12(14,2-13)10(29-6)19-3-16-5-8(19)17-11(15)18-9(5)21/h3-4,6-7,10,20H,2H2,1H3,(H,25,26)(H,27,28)(H2,22,23,24)(H3,15,17,18,21)/t4-,6-,7?,10-,12-/m1/s1. The molecule has 0 amide bonds. The predicted octanol–water partition coefficient (Wildman–Crippen LogP) is -0.630. The number of aromatic nitrogens is 4. The Kier molecular flexibility index (Phi) is 7.44. The maximum atomic E-state index is 15.5. The fraction of sp³-hybridized carbons (Fsp3) is 0.583. The van der Waals surface area contributed by atoms with E-state index < -0.39 is 71.9 Å². The number of nitrogens with zero attached hydrogens (tertiary/aromatic N) is 3. The number of aromatic amines is 1. The Hall–Kier alpha value is -1.66. The average molecular weight is 571 g/mol. The number of alkyl halides is 2. The topological polar surface area (TPSA) is 279 Å². The lowest BCUT2D eigenvalue weighted by atomic mass is 9.95. The van der Waals surface area contributed by atoms with E-state index >= 15 is 4.39 Å². The van der Waals surface area contributed by atoms with Gasteiger partial charge in [-0.2, -0.15) is 13.6 Å². The molecule has 3 unspecified atom stereocenters. The molecule has 23 heteroatoms. The summed E-state index contributed by atoms with van der Waals surface area (Å²) in [5.41, 5.74) is 0.661. The molecule has 8 N–H and O–H groups in total. The highest BCUT2D eigenvalue weighted by Crippen LogP contribution is 2.66. The Morgan fingerprint density at radius 1 is 1.29 bits per heavy atom. The SMILES string of the molecule is C[C@@H](OP(=O)(O)OP(=O)(O)OP(=O)(O)O)[C@H]1O[C@@H](n2cnc3c(=O)[nH]c(N)nc32)[C@@](F)(CF)C1O. The van der Waals surface area contributed by atoms with Gasteiger partial charge in [0.15, 0.2) is 17.4 Å². The number of ether oxygens (including phenoxy) is 1. The summed E-state index contributed by atoms with van der Waals surface area (Å²) in [6, 6.07) is 0. The van der Waals surface area contributed by atoms with Gasteiger partial charge >= 0.3 is 23.5 Å². The number of nitrogens with one attached hydrogen (secondary N) is 1. The molecule has 0 bridgehead atoms. The molecule has 3 rings (SSSR count). The van der Waals surface area contributed by atoms with Gasteiger partial charge in [-0.1, -0.05) is 0 Å². The minimum absolute atomic E-state index is 0.344. The number of imidazole rings is 1. The molecule has 2 aromatic heterocycles. The first-order valence-corrected chi connectivity index (χ1v) is 13.5. The van der Waals surface area contributed by atoms with E-state index in [1.54, 1.807) is 0 Å². The van der Waals surface area contributed by atoms with Gasteiger partial charge in [-0.05, 0) is 6.92 Å². The molecule has 0 spiro atoms. The van der Waals surface area contributed by atoms with Gasteiger partial charge in [-0.15, -0.1) is 0 Å². The third-order valence-electron chi connectivity index (χ3n) is 4.59. The summed E-state index contributed by atoms with van der Waals surface area (Å²) in [6.07, 6.45) is -7.49. The monoisotopic (exact) mass is 571 g/mol. The van der Waals surface area contributed by atoms with Crippen LogP contribution in [-0.4, -0.2) is 74.9 Å². The first kappa shape index (κ1) is 27.9. The molecule has 35 heavy (non-hydrogen) atoms. The predicted molar refractivity (Wildman–Crippen MR) is 107 cm³/mol. The van der Waals surface area contributed by atoms with E-state index in [9.17, 15) is 37.8 Å². The van der Waals surface area contributed by atoms with E-state index in [-0.39, 0.29) is 11.2 Å². The number of nitrogen functional groups attached to an aromatic ring is 1. The summed E-state index contributed by atoms with van der Waals surface area (Å²) in [4.78, 5) is 57.5. The molecular weight excluding hydrogens is 553 g/mol. The number of fused-ring (bicyclic) bond motifs is 1. The van der Waals surface area contributed by atoms with E-state index in [2.05, 4.69) is 28.1 Å². The minimum Gasteiger partial charge on any atom is -0.387 e. The number of phosphoric ester groups is 1. The number of aliphatic hydroxyl groups excluding tert-OH is 1. The summed E-state index contributed by atoms with van der Waals surface area (Å²) in [5.74, 6) is -0.412. The fourth-order valence-electron chi connectivity index (χ4n) is 3.25. The van der Waals surface area contributed by atoms with Crippen molar-refractivity contribution in [1.29, 1.82) is 0 Å². The van der Waals surface area contributed by atoms with Gasteiger partial charge in [0.1, 0.15) is 18.9 Å². The van der Waals surface area contributed by atoms with Crippen molar-refractivity contribution in [2.24, 2.45) is 0 Å². The van der Waals surface area contributed by atoms with Crippen molar-refractivity contribution in [3.63, 3.8) is 0 Å². The second-order valence-corrected chi connectivity index (χ2v) is 11.5. The van der Waals surface area contributed by atoms with E-state index in [1.807, 2.05) is 0 Å². The number of nitrogens with two attached hydrogens (primary N) is 1. The molecule has 2 aromatic rings. The number of hydrogen-bond donors (Lipinski definition) is 7. The molecule has 7 atom stereocenters. The highest BCUT2D eigenvalue weighted by atomic mass is 31.3. The van der Waals surface area contributed by atoms with Crippen molar-refractivity contribution in [3.8, 4) is 0 Å². The molecule has 0 saturated carbocycles. The summed E-state index contributed by atoms with van der Waals surface area (Å²) in [5, 5.41) is 10.4. The Balaban J connectivity index is 1.88. The van der Waals surface area contributed by atoms with Crippen LogP contribution < -0.4 is 11.3 Å². The van der Waals surface area contributed by atoms with Crippen molar-refractivity contribution in [2.75, 3.05) is 12.4 Å². The van der Waals surface area contributed by atoms with Crippen LogP contribution in [0.25, 0.3) is 11.2 Å². The van der Waals surface area contributed by atoms with Crippen LogP contribution in [-0.2, 0) is 31.6 Å². The number of phosphoric acid groups is 3. The van der Waals surface area contributed by atoms with Crippen molar-refractivity contribution in [2.45, 2.75) is 37.1 Å². The highest BCUT2D eigenvalue weighted by Gasteiger charge is 2.61. The Morgan fingerprint density at radius 2 is 1.91 bits per heavy atom. The molecule has 1 fully saturated rings. The number of anilines is 1. The fourth-order valence-corrected chi connectivity index (χ4v) is 6.45. The normalized spacial score (nSPS) is 29.7. The van der Waals surface area contributed by atoms with Crippen molar-refractivity contribution in [1.82, 2.24) is 19.5 Å². The molecule has 0 aliphatic carbocycles. The van der Waals surface area contributed by atoms with Crippen LogP contribution in [0.5, 0.6) is 0 Å². The van der Waals surface area contributed by atoms with Crippen LogP contribution in [0.4, 0.5) is 14.7 Å². The van der Waals surface area contributed by atoms with Gasteiger partial charge in [-0.3, -0.25) is 18.9 Å². The molecular formula is C12H18F2N5O13P3. The number of H-pyrrole nitrogens is 1. The smallest absolute Gasteiger partial charge is 0.387 e. The van der Waals surface area contributed by atoms with Crippen molar-refractivity contribution >= 4 is 40.6 Å².